The Morgan fingerprint density at radius 3 is 2.52 bits per heavy atom. The number of amides is 1. The number of benzene rings is 1. The summed E-state index contributed by atoms with van der Waals surface area (Å²) in [6.07, 6.45) is 0.833. The van der Waals surface area contributed by atoms with Crippen LogP contribution in [0.1, 0.15) is 25.3 Å². The SMILES string of the molecule is COc1cccc(CC(CCC(=O)O)NC(C)=O)c1OC. The molecule has 0 saturated heterocycles. The Labute approximate surface area is 124 Å². The lowest BCUT2D eigenvalue weighted by molar-refractivity contribution is -0.137. The molecule has 0 spiro atoms. The van der Waals surface area contributed by atoms with E-state index in [1.807, 2.05) is 12.1 Å². The summed E-state index contributed by atoms with van der Waals surface area (Å²) in [4.78, 5) is 22.0. The van der Waals surface area contributed by atoms with Crippen molar-refractivity contribution in [1.82, 2.24) is 5.32 Å². The van der Waals surface area contributed by atoms with E-state index < -0.39 is 5.97 Å². The van der Waals surface area contributed by atoms with Gasteiger partial charge >= 0.3 is 5.97 Å². The zero-order valence-electron chi connectivity index (χ0n) is 12.5. The third-order valence-corrected chi connectivity index (χ3v) is 3.06. The summed E-state index contributed by atoms with van der Waals surface area (Å²) in [5, 5.41) is 11.6. The lowest BCUT2D eigenvalue weighted by atomic mass is 10.0. The molecule has 1 amide bonds. The standard InChI is InChI=1S/C15H21NO5/c1-10(17)16-12(7-8-14(18)19)9-11-5-4-6-13(20-2)15(11)21-3/h4-6,12H,7-9H2,1-3H3,(H,16,17)(H,18,19). The van der Waals surface area contributed by atoms with E-state index in [4.69, 9.17) is 14.6 Å². The van der Waals surface area contributed by atoms with Crippen LogP contribution in [0.2, 0.25) is 0 Å². The highest BCUT2D eigenvalue weighted by atomic mass is 16.5. The molecule has 0 aliphatic heterocycles. The van der Waals surface area contributed by atoms with Crippen LogP contribution in [-0.4, -0.2) is 37.2 Å². The van der Waals surface area contributed by atoms with Crippen molar-refractivity contribution in [2.24, 2.45) is 0 Å². The van der Waals surface area contributed by atoms with E-state index in [1.165, 1.54) is 6.92 Å². The van der Waals surface area contributed by atoms with Gasteiger partial charge in [0, 0.05) is 24.9 Å². The highest BCUT2D eigenvalue weighted by molar-refractivity contribution is 5.73. The Kier molecular flexibility index (Phi) is 6.52. The van der Waals surface area contributed by atoms with E-state index in [9.17, 15) is 9.59 Å². The fourth-order valence-electron chi connectivity index (χ4n) is 2.19. The fraction of sp³-hybridized carbons (Fsp3) is 0.467. The van der Waals surface area contributed by atoms with Gasteiger partial charge in [0.05, 0.1) is 14.2 Å². The smallest absolute Gasteiger partial charge is 0.303 e. The van der Waals surface area contributed by atoms with Gasteiger partial charge in [0.25, 0.3) is 0 Å². The van der Waals surface area contributed by atoms with Crippen LogP contribution in [0.3, 0.4) is 0 Å². The van der Waals surface area contributed by atoms with Crippen LogP contribution in [0.25, 0.3) is 0 Å². The summed E-state index contributed by atoms with van der Waals surface area (Å²) >= 11 is 0. The Morgan fingerprint density at radius 1 is 1.29 bits per heavy atom. The van der Waals surface area contributed by atoms with Gasteiger partial charge in [0.2, 0.25) is 5.91 Å². The molecule has 2 N–H and O–H groups in total. The molecule has 6 nitrogen and oxygen atoms in total. The maximum atomic E-state index is 11.3. The van der Waals surface area contributed by atoms with Crippen molar-refractivity contribution < 1.29 is 24.2 Å². The average molecular weight is 295 g/mol. The highest BCUT2D eigenvalue weighted by Gasteiger charge is 2.17. The molecule has 1 unspecified atom stereocenters. The Morgan fingerprint density at radius 2 is 2.00 bits per heavy atom. The number of hydrogen-bond donors (Lipinski definition) is 2. The molecule has 21 heavy (non-hydrogen) atoms. The van der Waals surface area contributed by atoms with E-state index in [0.29, 0.717) is 24.3 Å². The molecule has 0 saturated carbocycles. The van der Waals surface area contributed by atoms with Gasteiger partial charge in [0.15, 0.2) is 11.5 Å². The number of carboxylic acid groups (broad SMARTS) is 1. The van der Waals surface area contributed by atoms with Crippen molar-refractivity contribution in [2.45, 2.75) is 32.2 Å². The number of carbonyl (C=O) groups excluding carboxylic acids is 1. The second kappa shape index (κ2) is 8.14. The molecular formula is C15H21NO5. The zero-order chi connectivity index (χ0) is 15.8. The third kappa shape index (κ3) is 5.33. The molecule has 0 aliphatic carbocycles. The summed E-state index contributed by atoms with van der Waals surface area (Å²) in [6.45, 7) is 1.41. The van der Waals surface area contributed by atoms with Gasteiger partial charge < -0.3 is 19.9 Å². The number of carbonyl (C=O) groups is 2. The van der Waals surface area contributed by atoms with E-state index in [0.717, 1.165) is 5.56 Å². The van der Waals surface area contributed by atoms with Crippen molar-refractivity contribution in [1.29, 1.82) is 0 Å². The van der Waals surface area contributed by atoms with Gasteiger partial charge in [0.1, 0.15) is 0 Å². The maximum absolute atomic E-state index is 11.3. The van der Waals surface area contributed by atoms with Crippen LogP contribution in [0.5, 0.6) is 11.5 Å². The van der Waals surface area contributed by atoms with E-state index >= 15 is 0 Å². The molecule has 0 fully saturated rings. The van der Waals surface area contributed by atoms with Crippen molar-refractivity contribution in [2.75, 3.05) is 14.2 Å². The van der Waals surface area contributed by atoms with E-state index in [2.05, 4.69) is 5.32 Å². The van der Waals surface area contributed by atoms with Crippen molar-refractivity contribution in [3.05, 3.63) is 23.8 Å². The second-order valence-electron chi connectivity index (χ2n) is 4.69. The molecular weight excluding hydrogens is 274 g/mol. The largest absolute Gasteiger partial charge is 0.493 e. The molecule has 1 aromatic carbocycles. The van der Waals surface area contributed by atoms with Gasteiger partial charge in [-0.1, -0.05) is 12.1 Å². The van der Waals surface area contributed by atoms with Gasteiger partial charge in [-0.3, -0.25) is 9.59 Å². The summed E-state index contributed by atoms with van der Waals surface area (Å²) in [6, 6.07) is 5.22. The number of nitrogens with one attached hydrogen (secondary N) is 1. The summed E-state index contributed by atoms with van der Waals surface area (Å²) < 4.78 is 10.6. The van der Waals surface area contributed by atoms with Crippen LogP contribution in [0, 0.1) is 0 Å². The fourth-order valence-corrected chi connectivity index (χ4v) is 2.19. The molecule has 116 valence electrons. The average Bonchev–Trinajstić information content (AvgIpc) is 2.43. The predicted octanol–water partition coefficient (Wildman–Crippen LogP) is 1.62. The van der Waals surface area contributed by atoms with Crippen molar-refractivity contribution >= 4 is 11.9 Å². The van der Waals surface area contributed by atoms with Gasteiger partial charge in [-0.25, -0.2) is 0 Å². The molecule has 1 rings (SSSR count). The number of carboxylic acids is 1. The molecule has 0 aliphatic rings. The van der Waals surface area contributed by atoms with Crippen LogP contribution in [0.15, 0.2) is 18.2 Å². The number of ether oxygens (including phenoxy) is 2. The molecule has 0 radical (unpaired) electrons. The van der Waals surface area contributed by atoms with Crippen LogP contribution < -0.4 is 14.8 Å². The van der Waals surface area contributed by atoms with Gasteiger partial charge in [-0.05, 0) is 18.9 Å². The minimum absolute atomic E-state index is 0.00275. The zero-order valence-corrected chi connectivity index (χ0v) is 12.5. The van der Waals surface area contributed by atoms with Crippen molar-refractivity contribution in [3.8, 4) is 11.5 Å². The molecule has 6 heteroatoms. The quantitative estimate of drug-likeness (QED) is 0.761. The first-order chi connectivity index (χ1) is 9.97. The normalized spacial score (nSPS) is 11.6. The highest BCUT2D eigenvalue weighted by Crippen LogP contribution is 2.31. The number of methoxy groups -OCH3 is 2. The Bertz CT molecular complexity index is 501. The summed E-state index contributed by atoms with van der Waals surface area (Å²) in [7, 11) is 3.10. The van der Waals surface area contributed by atoms with E-state index in [1.54, 1.807) is 20.3 Å². The lowest BCUT2D eigenvalue weighted by Crippen LogP contribution is -2.35. The summed E-state index contributed by atoms with van der Waals surface area (Å²) in [5.41, 5.74) is 0.862. The first kappa shape index (κ1) is 16.8. The van der Waals surface area contributed by atoms with Gasteiger partial charge in [-0.15, -0.1) is 0 Å². The van der Waals surface area contributed by atoms with Crippen LogP contribution in [0.4, 0.5) is 0 Å². The van der Waals surface area contributed by atoms with Crippen LogP contribution >= 0.6 is 0 Å². The molecule has 0 bridgehead atoms. The number of aliphatic carboxylic acids is 1. The van der Waals surface area contributed by atoms with E-state index in [-0.39, 0.29) is 18.4 Å². The monoisotopic (exact) mass is 295 g/mol. The predicted molar refractivity (Wildman–Crippen MR) is 77.7 cm³/mol. The number of para-hydroxylation sites is 1. The third-order valence-electron chi connectivity index (χ3n) is 3.06. The Balaban J connectivity index is 2.91. The molecule has 1 aromatic rings. The van der Waals surface area contributed by atoms with Crippen LogP contribution in [-0.2, 0) is 16.0 Å². The summed E-state index contributed by atoms with van der Waals surface area (Å²) in [5.74, 6) is 0.135. The maximum Gasteiger partial charge on any atom is 0.303 e. The lowest BCUT2D eigenvalue weighted by Gasteiger charge is -2.19. The first-order valence-corrected chi connectivity index (χ1v) is 6.66. The number of hydrogen-bond acceptors (Lipinski definition) is 4. The van der Waals surface area contributed by atoms with Crippen molar-refractivity contribution in [3.63, 3.8) is 0 Å². The minimum atomic E-state index is -0.886. The topological polar surface area (TPSA) is 84.9 Å². The molecule has 0 heterocycles. The Hall–Kier alpha value is -2.24. The first-order valence-electron chi connectivity index (χ1n) is 6.66. The molecule has 1 atom stereocenters. The van der Waals surface area contributed by atoms with Gasteiger partial charge in [-0.2, -0.15) is 0 Å². The molecule has 0 aromatic heterocycles. The number of rotatable bonds is 8. The second-order valence-corrected chi connectivity index (χ2v) is 4.69. The minimum Gasteiger partial charge on any atom is -0.493 e.